The Morgan fingerprint density at radius 3 is 3.14 bits per heavy atom. The van der Waals surface area contributed by atoms with Gasteiger partial charge in [-0.15, -0.1) is 0 Å². The highest BCUT2D eigenvalue weighted by Crippen LogP contribution is 2.49. The first kappa shape index (κ1) is 8.49. The van der Waals surface area contributed by atoms with Gasteiger partial charge in [0.05, 0.1) is 0 Å². The van der Waals surface area contributed by atoms with Crippen molar-refractivity contribution < 1.29 is 0 Å². The zero-order valence-corrected chi connectivity index (χ0v) is 8.72. The molecule has 1 aromatic carbocycles. The summed E-state index contributed by atoms with van der Waals surface area (Å²) in [5.74, 6) is 0. The number of piperidine rings is 1. The van der Waals surface area contributed by atoms with E-state index in [0.717, 1.165) is 0 Å². The van der Waals surface area contributed by atoms with Gasteiger partial charge in [-0.2, -0.15) is 0 Å². The molecule has 0 unspecified atom stereocenters. The summed E-state index contributed by atoms with van der Waals surface area (Å²) in [4.78, 5) is 0. The van der Waals surface area contributed by atoms with E-state index in [4.69, 9.17) is 0 Å². The van der Waals surface area contributed by atoms with Crippen LogP contribution >= 0.6 is 0 Å². The minimum atomic E-state index is 0.488. The Balaban J connectivity index is 2.07. The van der Waals surface area contributed by atoms with Crippen LogP contribution in [0, 0.1) is 5.41 Å². The van der Waals surface area contributed by atoms with Crippen LogP contribution in [0.4, 0.5) is 0 Å². The fourth-order valence-corrected chi connectivity index (χ4v) is 3.22. The van der Waals surface area contributed by atoms with Gasteiger partial charge >= 0.3 is 0 Å². The summed E-state index contributed by atoms with van der Waals surface area (Å²) in [5.41, 5.74) is 3.60. The Bertz CT molecular complexity index is 358. The van der Waals surface area contributed by atoms with E-state index in [1.54, 1.807) is 11.1 Å². The van der Waals surface area contributed by atoms with Crippen LogP contribution < -0.4 is 5.32 Å². The normalized spacial score (nSPS) is 35.1. The number of fused-ring (bicyclic) bond motifs is 3. The molecule has 2 aliphatic rings. The molecule has 1 aromatic rings. The molecule has 1 aliphatic heterocycles. The molecule has 1 N–H and O–H groups in total. The van der Waals surface area contributed by atoms with Crippen molar-refractivity contribution >= 4 is 0 Å². The lowest BCUT2D eigenvalue weighted by molar-refractivity contribution is 0.178. The molecule has 14 heavy (non-hydrogen) atoms. The molecular formula is C13H17N. The quantitative estimate of drug-likeness (QED) is 0.658. The van der Waals surface area contributed by atoms with Crippen LogP contribution in [0.25, 0.3) is 0 Å². The number of hydrogen-bond acceptors (Lipinski definition) is 1. The maximum Gasteiger partial charge on any atom is 0.0380 e. The van der Waals surface area contributed by atoms with Crippen molar-refractivity contribution in [2.45, 2.75) is 32.2 Å². The summed E-state index contributed by atoms with van der Waals surface area (Å²) in [6, 6.07) is 9.54. The highest BCUT2D eigenvalue weighted by molar-refractivity contribution is 5.38. The van der Waals surface area contributed by atoms with E-state index in [0.29, 0.717) is 11.5 Å². The summed E-state index contributed by atoms with van der Waals surface area (Å²) in [7, 11) is 0. The molecule has 1 aliphatic carbocycles. The standard InChI is InChI=1S/C13H17N/c1-13-7-4-8-14-12(13)11-6-3-2-5-10(11)9-13/h2-3,5-6,12,14H,4,7-9H2,1H3/t12-,13+/m1/s1. The molecule has 0 spiro atoms. The Labute approximate surface area is 85.5 Å². The molecule has 0 radical (unpaired) electrons. The summed E-state index contributed by atoms with van der Waals surface area (Å²) in [6.45, 7) is 3.62. The monoisotopic (exact) mass is 187 g/mol. The fourth-order valence-electron chi connectivity index (χ4n) is 3.22. The largest absolute Gasteiger partial charge is 0.309 e. The predicted molar refractivity (Wildman–Crippen MR) is 58.2 cm³/mol. The number of hydrogen-bond donors (Lipinski definition) is 1. The minimum absolute atomic E-state index is 0.488. The van der Waals surface area contributed by atoms with Gasteiger partial charge in [0, 0.05) is 6.04 Å². The van der Waals surface area contributed by atoms with E-state index in [2.05, 4.69) is 36.5 Å². The summed E-state index contributed by atoms with van der Waals surface area (Å²) >= 11 is 0. The van der Waals surface area contributed by atoms with Crippen molar-refractivity contribution in [1.29, 1.82) is 0 Å². The topological polar surface area (TPSA) is 12.0 Å². The average Bonchev–Trinajstić information content (AvgIpc) is 2.49. The van der Waals surface area contributed by atoms with Gasteiger partial charge in [0.15, 0.2) is 0 Å². The van der Waals surface area contributed by atoms with Gasteiger partial charge in [0.2, 0.25) is 0 Å². The van der Waals surface area contributed by atoms with Crippen LogP contribution in [-0.2, 0) is 6.42 Å². The van der Waals surface area contributed by atoms with Gasteiger partial charge in [0.25, 0.3) is 0 Å². The van der Waals surface area contributed by atoms with Crippen LogP contribution in [0.5, 0.6) is 0 Å². The lowest BCUT2D eigenvalue weighted by atomic mass is 9.76. The van der Waals surface area contributed by atoms with Gasteiger partial charge in [-0.05, 0) is 42.3 Å². The second-order valence-electron chi connectivity index (χ2n) is 5.02. The van der Waals surface area contributed by atoms with Crippen LogP contribution in [0.1, 0.15) is 36.9 Å². The van der Waals surface area contributed by atoms with Gasteiger partial charge in [0.1, 0.15) is 0 Å². The summed E-state index contributed by atoms with van der Waals surface area (Å²) in [5, 5.41) is 3.68. The van der Waals surface area contributed by atoms with E-state index in [9.17, 15) is 0 Å². The van der Waals surface area contributed by atoms with Gasteiger partial charge in [-0.3, -0.25) is 0 Å². The Morgan fingerprint density at radius 2 is 2.21 bits per heavy atom. The Hall–Kier alpha value is -0.820. The number of rotatable bonds is 0. The average molecular weight is 187 g/mol. The maximum atomic E-state index is 3.68. The van der Waals surface area contributed by atoms with Gasteiger partial charge in [-0.25, -0.2) is 0 Å². The molecule has 1 heterocycles. The fraction of sp³-hybridized carbons (Fsp3) is 0.538. The first-order valence-corrected chi connectivity index (χ1v) is 5.61. The van der Waals surface area contributed by atoms with Crippen molar-refractivity contribution in [3.8, 4) is 0 Å². The van der Waals surface area contributed by atoms with E-state index >= 15 is 0 Å². The molecule has 2 atom stereocenters. The summed E-state index contributed by atoms with van der Waals surface area (Å²) < 4.78 is 0. The number of benzene rings is 1. The molecule has 1 fully saturated rings. The second-order valence-corrected chi connectivity index (χ2v) is 5.02. The molecule has 0 saturated carbocycles. The van der Waals surface area contributed by atoms with Crippen molar-refractivity contribution in [2.75, 3.05) is 6.54 Å². The zero-order valence-electron chi connectivity index (χ0n) is 8.72. The second kappa shape index (κ2) is 2.83. The molecule has 0 bridgehead atoms. The predicted octanol–water partition coefficient (Wildman–Crippen LogP) is 2.67. The maximum absolute atomic E-state index is 3.68. The molecule has 1 nitrogen and oxygen atoms in total. The lowest BCUT2D eigenvalue weighted by Gasteiger charge is -2.37. The highest BCUT2D eigenvalue weighted by atomic mass is 15.0. The van der Waals surface area contributed by atoms with Crippen LogP contribution in [0.2, 0.25) is 0 Å². The summed E-state index contributed by atoms with van der Waals surface area (Å²) in [6.07, 6.45) is 3.97. The SMILES string of the molecule is C[C@@]12CCCN[C@@H]1c1ccccc1C2. The van der Waals surface area contributed by atoms with E-state index < -0.39 is 0 Å². The van der Waals surface area contributed by atoms with Gasteiger partial charge < -0.3 is 5.32 Å². The van der Waals surface area contributed by atoms with E-state index in [1.807, 2.05) is 0 Å². The smallest absolute Gasteiger partial charge is 0.0380 e. The van der Waals surface area contributed by atoms with E-state index in [-0.39, 0.29) is 0 Å². The third-order valence-corrected chi connectivity index (χ3v) is 3.93. The Morgan fingerprint density at radius 1 is 1.36 bits per heavy atom. The molecule has 0 amide bonds. The van der Waals surface area contributed by atoms with Crippen LogP contribution in [0.15, 0.2) is 24.3 Å². The van der Waals surface area contributed by atoms with Crippen molar-refractivity contribution in [1.82, 2.24) is 5.32 Å². The van der Waals surface area contributed by atoms with Crippen LogP contribution in [0.3, 0.4) is 0 Å². The molecule has 74 valence electrons. The highest BCUT2D eigenvalue weighted by Gasteiger charge is 2.43. The van der Waals surface area contributed by atoms with Crippen molar-refractivity contribution in [3.63, 3.8) is 0 Å². The minimum Gasteiger partial charge on any atom is -0.309 e. The Kier molecular flexibility index (Phi) is 1.72. The van der Waals surface area contributed by atoms with Crippen molar-refractivity contribution in [2.24, 2.45) is 5.41 Å². The van der Waals surface area contributed by atoms with E-state index in [1.165, 1.54) is 25.8 Å². The van der Waals surface area contributed by atoms with Gasteiger partial charge in [-0.1, -0.05) is 31.2 Å². The first-order valence-electron chi connectivity index (χ1n) is 5.61. The third-order valence-electron chi connectivity index (χ3n) is 3.93. The number of nitrogens with one attached hydrogen (secondary N) is 1. The molecular weight excluding hydrogens is 170 g/mol. The van der Waals surface area contributed by atoms with Crippen LogP contribution in [-0.4, -0.2) is 6.54 Å². The molecule has 1 saturated heterocycles. The zero-order chi connectivity index (χ0) is 9.60. The lowest BCUT2D eigenvalue weighted by Crippen LogP contribution is -2.38. The third kappa shape index (κ3) is 1.05. The molecule has 0 aromatic heterocycles. The molecule has 3 rings (SSSR count). The first-order chi connectivity index (χ1) is 6.80. The van der Waals surface area contributed by atoms with Crippen molar-refractivity contribution in [3.05, 3.63) is 35.4 Å². The molecule has 1 heteroatoms.